The highest BCUT2D eigenvalue weighted by Crippen LogP contribution is 2.11. The van der Waals surface area contributed by atoms with Gasteiger partial charge in [0.1, 0.15) is 5.82 Å². The van der Waals surface area contributed by atoms with Gasteiger partial charge in [-0.15, -0.1) is 12.4 Å². The van der Waals surface area contributed by atoms with Crippen LogP contribution in [0.1, 0.15) is 23.0 Å². The molecular formula is C15H18ClFN2O. The van der Waals surface area contributed by atoms with Gasteiger partial charge in [-0.3, -0.25) is 4.79 Å². The van der Waals surface area contributed by atoms with Crippen molar-refractivity contribution in [3.63, 3.8) is 0 Å². The van der Waals surface area contributed by atoms with E-state index in [0.717, 1.165) is 6.54 Å². The van der Waals surface area contributed by atoms with Crippen LogP contribution in [-0.2, 0) is 6.54 Å². The number of aromatic nitrogens is 1. The minimum absolute atomic E-state index is 0. The Hall–Kier alpha value is -1.65. The highest BCUT2D eigenvalue weighted by Gasteiger charge is 2.11. The summed E-state index contributed by atoms with van der Waals surface area (Å²) in [5, 5.41) is 3.00. The Kier molecular flexibility index (Phi) is 6.42. The number of carbonyl (C=O) groups excluding carboxylic acids is 1. The van der Waals surface area contributed by atoms with E-state index in [9.17, 15) is 9.18 Å². The van der Waals surface area contributed by atoms with Gasteiger partial charge in [-0.1, -0.05) is 25.1 Å². The van der Waals surface area contributed by atoms with Crippen molar-refractivity contribution in [1.82, 2.24) is 9.88 Å². The fourth-order valence-electron chi connectivity index (χ4n) is 1.94. The normalized spacial score (nSPS) is 10.1. The van der Waals surface area contributed by atoms with Crippen molar-refractivity contribution in [3.8, 4) is 0 Å². The molecule has 0 unspecified atom stereocenters. The second-order valence-corrected chi connectivity index (χ2v) is 4.32. The monoisotopic (exact) mass is 296 g/mol. The third-order valence-electron chi connectivity index (χ3n) is 2.95. The number of likely N-dealkylation sites (N-methyl/N-ethyl adjacent to an activating group) is 1. The molecule has 0 amide bonds. The summed E-state index contributed by atoms with van der Waals surface area (Å²) in [7, 11) is 0. The first-order chi connectivity index (χ1) is 9.22. The number of nitrogens with zero attached hydrogens (tertiary/aromatic N) is 1. The minimum atomic E-state index is -0.249. The predicted molar refractivity (Wildman–Crippen MR) is 80.1 cm³/mol. The maximum atomic E-state index is 13.6. The maximum absolute atomic E-state index is 13.6. The summed E-state index contributed by atoms with van der Waals surface area (Å²) >= 11 is 0. The molecule has 1 aromatic carbocycles. The predicted octanol–water partition coefficient (Wildman–Crippen LogP) is 2.89. The van der Waals surface area contributed by atoms with Gasteiger partial charge in [-0.25, -0.2) is 4.39 Å². The Balaban J connectivity index is 0.00000200. The Labute approximate surface area is 124 Å². The van der Waals surface area contributed by atoms with Crippen LogP contribution >= 0.6 is 12.4 Å². The molecule has 1 heterocycles. The van der Waals surface area contributed by atoms with Crippen molar-refractivity contribution in [3.05, 3.63) is 59.7 Å². The average Bonchev–Trinajstić information content (AvgIpc) is 2.87. The molecule has 0 atom stereocenters. The highest BCUT2D eigenvalue weighted by molar-refractivity contribution is 5.96. The van der Waals surface area contributed by atoms with E-state index < -0.39 is 0 Å². The van der Waals surface area contributed by atoms with Gasteiger partial charge in [-0.2, -0.15) is 0 Å². The second kappa shape index (κ2) is 7.82. The van der Waals surface area contributed by atoms with Crippen molar-refractivity contribution in [1.29, 1.82) is 0 Å². The summed E-state index contributed by atoms with van der Waals surface area (Å²) in [5.74, 6) is -0.232. The first kappa shape index (κ1) is 16.4. The smallest absolute Gasteiger partial charge is 0.192 e. The van der Waals surface area contributed by atoms with Gasteiger partial charge in [0.25, 0.3) is 0 Å². The third kappa shape index (κ3) is 3.92. The lowest BCUT2D eigenvalue weighted by molar-refractivity contribution is 0.0983. The van der Waals surface area contributed by atoms with Gasteiger partial charge >= 0.3 is 0 Å². The fraction of sp³-hybridized carbons (Fsp3) is 0.267. The van der Waals surface area contributed by atoms with Gasteiger partial charge in [0.15, 0.2) is 5.78 Å². The zero-order valence-electron chi connectivity index (χ0n) is 11.3. The van der Waals surface area contributed by atoms with Crippen LogP contribution in [0.2, 0.25) is 0 Å². The molecule has 0 aliphatic heterocycles. The van der Waals surface area contributed by atoms with Crippen LogP contribution in [-0.4, -0.2) is 23.4 Å². The van der Waals surface area contributed by atoms with E-state index >= 15 is 0 Å². The lowest BCUT2D eigenvalue weighted by Crippen LogP contribution is -2.24. The standard InChI is InChI=1S/C15H17FN2O.ClH/c1-2-17-10-15(19)14-8-5-9-18(14)11-12-6-3-4-7-13(12)16;/h3-9,17H,2,10-11H2,1H3;1H. The van der Waals surface area contributed by atoms with Crippen molar-refractivity contribution in [2.75, 3.05) is 13.1 Å². The molecule has 0 radical (unpaired) electrons. The van der Waals surface area contributed by atoms with Gasteiger partial charge in [0, 0.05) is 11.8 Å². The largest absolute Gasteiger partial charge is 0.341 e. The number of carbonyl (C=O) groups is 1. The number of benzene rings is 1. The van der Waals surface area contributed by atoms with E-state index in [-0.39, 0.29) is 24.0 Å². The molecule has 0 saturated carbocycles. The summed E-state index contributed by atoms with van der Waals surface area (Å²) in [6, 6.07) is 10.2. The van der Waals surface area contributed by atoms with E-state index in [2.05, 4.69) is 5.32 Å². The summed E-state index contributed by atoms with van der Waals surface area (Å²) in [6.45, 7) is 3.37. The zero-order chi connectivity index (χ0) is 13.7. The maximum Gasteiger partial charge on any atom is 0.192 e. The summed E-state index contributed by atoms with van der Waals surface area (Å²) in [4.78, 5) is 12.0. The Bertz CT molecular complexity index is 569. The van der Waals surface area contributed by atoms with Gasteiger partial charge in [0.2, 0.25) is 0 Å². The molecule has 2 rings (SSSR count). The number of hydrogen-bond acceptors (Lipinski definition) is 2. The molecule has 5 heteroatoms. The Morgan fingerprint density at radius 1 is 1.25 bits per heavy atom. The number of ketones is 1. The Morgan fingerprint density at radius 3 is 2.70 bits per heavy atom. The average molecular weight is 297 g/mol. The minimum Gasteiger partial charge on any atom is -0.341 e. The molecule has 0 fully saturated rings. The van der Waals surface area contributed by atoms with Crippen LogP contribution in [0.3, 0.4) is 0 Å². The number of halogens is 2. The quantitative estimate of drug-likeness (QED) is 0.832. The van der Waals surface area contributed by atoms with Crippen LogP contribution in [0.4, 0.5) is 4.39 Å². The number of rotatable bonds is 6. The van der Waals surface area contributed by atoms with Gasteiger partial charge in [0.05, 0.1) is 18.8 Å². The molecule has 0 spiro atoms. The van der Waals surface area contributed by atoms with Crippen molar-refractivity contribution in [2.45, 2.75) is 13.5 Å². The van der Waals surface area contributed by atoms with E-state index in [0.29, 0.717) is 24.3 Å². The number of nitrogens with one attached hydrogen (secondary N) is 1. The van der Waals surface area contributed by atoms with Gasteiger partial charge in [-0.05, 0) is 24.7 Å². The van der Waals surface area contributed by atoms with E-state index in [4.69, 9.17) is 0 Å². The SMILES string of the molecule is CCNCC(=O)c1cccn1Cc1ccccc1F.Cl. The van der Waals surface area contributed by atoms with Gasteiger partial charge < -0.3 is 9.88 Å². The molecule has 1 aromatic heterocycles. The molecule has 108 valence electrons. The van der Waals surface area contributed by atoms with E-state index in [1.165, 1.54) is 6.07 Å². The van der Waals surface area contributed by atoms with Crippen molar-refractivity contribution < 1.29 is 9.18 Å². The van der Waals surface area contributed by atoms with Crippen LogP contribution in [0.15, 0.2) is 42.6 Å². The lowest BCUT2D eigenvalue weighted by atomic mass is 10.2. The third-order valence-corrected chi connectivity index (χ3v) is 2.95. The Morgan fingerprint density at radius 2 is 2.00 bits per heavy atom. The number of hydrogen-bond donors (Lipinski definition) is 1. The number of Topliss-reactive ketones (excluding diaryl/α,β-unsaturated/α-hetero) is 1. The summed E-state index contributed by atoms with van der Waals surface area (Å²) in [6.07, 6.45) is 1.80. The fourth-order valence-corrected chi connectivity index (χ4v) is 1.94. The van der Waals surface area contributed by atoms with Crippen LogP contribution < -0.4 is 5.32 Å². The summed E-state index contributed by atoms with van der Waals surface area (Å²) in [5.41, 5.74) is 1.18. The summed E-state index contributed by atoms with van der Waals surface area (Å²) < 4.78 is 15.4. The molecule has 0 aliphatic carbocycles. The first-order valence-corrected chi connectivity index (χ1v) is 6.35. The molecular weight excluding hydrogens is 279 g/mol. The zero-order valence-corrected chi connectivity index (χ0v) is 12.1. The van der Waals surface area contributed by atoms with Crippen LogP contribution in [0, 0.1) is 5.82 Å². The second-order valence-electron chi connectivity index (χ2n) is 4.32. The first-order valence-electron chi connectivity index (χ1n) is 6.35. The van der Waals surface area contributed by atoms with Crippen molar-refractivity contribution >= 4 is 18.2 Å². The molecule has 2 aromatic rings. The highest BCUT2D eigenvalue weighted by atomic mass is 35.5. The van der Waals surface area contributed by atoms with Crippen molar-refractivity contribution in [2.24, 2.45) is 0 Å². The molecule has 0 aliphatic rings. The molecule has 0 bridgehead atoms. The van der Waals surface area contributed by atoms with Crippen LogP contribution in [0.5, 0.6) is 0 Å². The molecule has 20 heavy (non-hydrogen) atoms. The lowest BCUT2D eigenvalue weighted by Gasteiger charge is -2.09. The topological polar surface area (TPSA) is 34.0 Å². The van der Waals surface area contributed by atoms with E-state index in [1.807, 2.05) is 6.92 Å². The van der Waals surface area contributed by atoms with Crippen LogP contribution in [0.25, 0.3) is 0 Å². The molecule has 1 N–H and O–H groups in total. The molecule has 0 saturated heterocycles. The van der Waals surface area contributed by atoms with E-state index in [1.54, 1.807) is 41.1 Å². The molecule has 3 nitrogen and oxygen atoms in total.